The molecular formula is C21H27N5O2. The lowest BCUT2D eigenvalue weighted by Crippen LogP contribution is -2.33. The van der Waals surface area contributed by atoms with Crippen LogP contribution in [0.25, 0.3) is 11.0 Å². The normalized spacial score (nSPS) is 12.5. The van der Waals surface area contributed by atoms with Crippen molar-refractivity contribution in [1.82, 2.24) is 24.6 Å². The molecule has 1 atom stereocenters. The maximum atomic E-state index is 12.5. The first-order valence-corrected chi connectivity index (χ1v) is 9.66. The van der Waals surface area contributed by atoms with Crippen molar-refractivity contribution < 1.29 is 4.79 Å². The molecule has 0 bridgehead atoms. The maximum absolute atomic E-state index is 12.5. The fraction of sp³-hybridized carbons (Fsp3) is 0.429. The highest BCUT2D eigenvalue weighted by molar-refractivity contribution is 5.76. The van der Waals surface area contributed by atoms with Gasteiger partial charge in [-0.05, 0) is 23.5 Å². The van der Waals surface area contributed by atoms with Gasteiger partial charge in [-0.15, -0.1) is 0 Å². The largest absolute Gasteiger partial charge is 0.349 e. The molecule has 0 aliphatic rings. The summed E-state index contributed by atoms with van der Waals surface area (Å²) in [5.41, 5.74) is 2.73. The van der Waals surface area contributed by atoms with Gasteiger partial charge in [0.25, 0.3) is 5.56 Å². The minimum absolute atomic E-state index is 0.0611. The van der Waals surface area contributed by atoms with Crippen molar-refractivity contribution in [3.8, 4) is 0 Å². The van der Waals surface area contributed by atoms with E-state index in [0.717, 1.165) is 12.0 Å². The van der Waals surface area contributed by atoms with Crippen LogP contribution in [0.1, 0.15) is 44.4 Å². The number of nitrogens with one attached hydrogen (secondary N) is 1. The molecule has 0 aliphatic heterocycles. The van der Waals surface area contributed by atoms with Gasteiger partial charge in [0.2, 0.25) is 5.91 Å². The minimum Gasteiger partial charge on any atom is -0.349 e. The van der Waals surface area contributed by atoms with E-state index in [9.17, 15) is 9.59 Å². The zero-order valence-electron chi connectivity index (χ0n) is 16.8. The molecule has 7 heteroatoms. The highest BCUT2D eigenvalue weighted by Gasteiger charge is 2.18. The zero-order valence-corrected chi connectivity index (χ0v) is 16.8. The minimum atomic E-state index is -0.179. The molecule has 28 heavy (non-hydrogen) atoms. The van der Waals surface area contributed by atoms with E-state index in [1.165, 1.54) is 22.7 Å². The zero-order chi connectivity index (χ0) is 20.3. The number of carbonyl (C=O) groups excluding carboxylic acids is 1. The quantitative estimate of drug-likeness (QED) is 0.682. The Bertz CT molecular complexity index is 1020. The lowest BCUT2D eigenvalue weighted by molar-refractivity contribution is -0.122. The summed E-state index contributed by atoms with van der Waals surface area (Å²) < 4.78 is 3.02. The molecule has 0 saturated heterocycles. The van der Waals surface area contributed by atoms with E-state index in [0.29, 0.717) is 11.0 Å². The maximum Gasteiger partial charge on any atom is 0.264 e. The number of rotatable bonds is 7. The van der Waals surface area contributed by atoms with Gasteiger partial charge in [-0.2, -0.15) is 5.10 Å². The van der Waals surface area contributed by atoms with Crippen molar-refractivity contribution in [2.24, 2.45) is 13.0 Å². The monoisotopic (exact) mass is 381 g/mol. The molecule has 7 nitrogen and oxygen atoms in total. The van der Waals surface area contributed by atoms with Crippen molar-refractivity contribution in [3.05, 3.63) is 58.3 Å². The third-order valence-electron chi connectivity index (χ3n) is 5.03. The SMILES string of the molecule is CCc1ccc(C(NC(=O)CCn2cnc3c(cnn3C)c2=O)C(C)C)cc1. The number of fused-ring (bicyclic) bond motifs is 1. The first-order valence-electron chi connectivity index (χ1n) is 9.66. The van der Waals surface area contributed by atoms with Crippen LogP contribution >= 0.6 is 0 Å². The van der Waals surface area contributed by atoms with E-state index in [1.54, 1.807) is 11.7 Å². The topological polar surface area (TPSA) is 81.8 Å². The highest BCUT2D eigenvalue weighted by Crippen LogP contribution is 2.22. The van der Waals surface area contributed by atoms with Crippen LogP contribution in [0.3, 0.4) is 0 Å². The number of nitrogens with zero attached hydrogens (tertiary/aromatic N) is 4. The van der Waals surface area contributed by atoms with Gasteiger partial charge in [0, 0.05) is 20.0 Å². The Morgan fingerprint density at radius 1 is 1.21 bits per heavy atom. The number of aromatic nitrogens is 4. The Kier molecular flexibility index (Phi) is 5.92. The molecule has 0 saturated carbocycles. The third kappa shape index (κ3) is 4.13. The molecule has 1 amide bonds. The number of benzene rings is 1. The molecule has 3 aromatic rings. The van der Waals surface area contributed by atoms with Crippen LogP contribution in [0.5, 0.6) is 0 Å². The molecular weight excluding hydrogens is 354 g/mol. The fourth-order valence-electron chi connectivity index (χ4n) is 3.29. The number of hydrogen-bond acceptors (Lipinski definition) is 4. The van der Waals surface area contributed by atoms with Gasteiger partial charge in [-0.25, -0.2) is 4.98 Å². The van der Waals surface area contributed by atoms with E-state index in [1.807, 2.05) is 0 Å². The predicted molar refractivity (Wildman–Crippen MR) is 109 cm³/mol. The lowest BCUT2D eigenvalue weighted by Gasteiger charge is -2.23. The lowest BCUT2D eigenvalue weighted by atomic mass is 9.94. The number of aryl methyl sites for hydroxylation is 3. The van der Waals surface area contributed by atoms with Crippen molar-refractivity contribution >= 4 is 16.9 Å². The highest BCUT2D eigenvalue weighted by atomic mass is 16.2. The van der Waals surface area contributed by atoms with Crippen LogP contribution in [0.2, 0.25) is 0 Å². The second kappa shape index (κ2) is 8.37. The summed E-state index contributed by atoms with van der Waals surface area (Å²) in [5.74, 6) is 0.170. The van der Waals surface area contributed by atoms with Crippen molar-refractivity contribution in [1.29, 1.82) is 0 Å². The van der Waals surface area contributed by atoms with Gasteiger partial charge in [0.15, 0.2) is 5.65 Å². The summed E-state index contributed by atoms with van der Waals surface area (Å²) in [5, 5.41) is 7.63. The van der Waals surface area contributed by atoms with Crippen LogP contribution in [0.15, 0.2) is 41.6 Å². The van der Waals surface area contributed by atoms with Gasteiger partial charge in [0.05, 0.1) is 18.6 Å². The van der Waals surface area contributed by atoms with E-state index in [4.69, 9.17) is 0 Å². The van der Waals surface area contributed by atoms with Crippen molar-refractivity contribution in [2.45, 2.75) is 46.2 Å². The van der Waals surface area contributed by atoms with Gasteiger partial charge in [-0.1, -0.05) is 45.0 Å². The molecule has 2 heterocycles. The van der Waals surface area contributed by atoms with Crippen molar-refractivity contribution in [2.75, 3.05) is 0 Å². The van der Waals surface area contributed by atoms with Crippen LogP contribution in [-0.2, 0) is 24.8 Å². The second-order valence-corrected chi connectivity index (χ2v) is 7.38. The van der Waals surface area contributed by atoms with Gasteiger partial charge in [0.1, 0.15) is 5.39 Å². The van der Waals surface area contributed by atoms with Crippen LogP contribution < -0.4 is 10.9 Å². The van der Waals surface area contributed by atoms with Crippen LogP contribution in [0, 0.1) is 5.92 Å². The molecule has 1 N–H and O–H groups in total. The Morgan fingerprint density at radius 3 is 2.57 bits per heavy atom. The van der Waals surface area contributed by atoms with Gasteiger partial charge >= 0.3 is 0 Å². The first kappa shape index (κ1) is 19.8. The summed E-state index contributed by atoms with van der Waals surface area (Å²) >= 11 is 0. The molecule has 0 radical (unpaired) electrons. The van der Waals surface area contributed by atoms with Crippen LogP contribution in [0.4, 0.5) is 0 Å². The molecule has 3 rings (SSSR count). The molecule has 0 aliphatic carbocycles. The summed E-state index contributed by atoms with van der Waals surface area (Å²) in [4.78, 5) is 29.3. The van der Waals surface area contributed by atoms with E-state index in [-0.39, 0.29) is 36.4 Å². The summed E-state index contributed by atoms with van der Waals surface area (Å²) in [6, 6.07) is 8.30. The number of carbonyl (C=O) groups is 1. The Hall–Kier alpha value is -2.96. The van der Waals surface area contributed by atoms with E-state index >= 15 is 0 Å². The molecule has 1 aromatic carbocycles. The number of amides is 1. The van der Waals surface area contributed by atoms with E-state index in [2.05, 4.69) is 60.4 Å². The Morgan fingerprint density at radius 2 is 1.93 bits per heavy atom. The van der Waals surface area contributed by atoms with E-state index < -0.39 is 0 Å². The number of hydrogen-bond donors (Lipinski definition) is 1. The summed E-state index contributed by atoms with van der Waals surface area (Å²) in [6.45, 7) is 6.57. The standard InChI is InChI=1S/C21H27N5O2/c1-5-15-6-8-16(9-7-15)19(14(2)3)24-18(27)10-11-26-13-22-20-17(21(26)28)12-23-25(20)4/h6-9,12-14,19H,5,10-11H2,1-4H3,(H,24,27). The first-order chi connectivity index (χ1) is 13.4. The van der Waals surface area contributed by atoms with Crippen molar-refractivity contribution in [3.63, 3.8) is 0 Å². The summed E-state index contributed by atoms with van der Waals surface area (Å²) in [7, 11) is 1.74. The third-order valence-corrected chi connectivity index (χ3v) is 5.03. The van der Waals surface area contributed by atoms with Gasteiger partial charge in [-0.3, -0.25) is 18.8 Å². The summed E-state index contributed by atoms with van der Waals surface area (Å²) in [6.07, 6.45) is 4.19. The Labute approximate surface area is 164 Å². The van der Waals surface area contributed by atoms with Gasteiger partial charge < -0.3 is 5.32 Å². The molecule has 0 spiro atoms. The fourth-order valence-corrected chi connectivity index (χ4v) is 3.29. The Balaban J connectivity index is 1.68. The molecule has 148 valence electrons. The average Bonchev–Trinajstić information content (AvgIpc) is 3.07. The molecule has 0 fully saturated rings. The predicted octanol–water partition coefficient (Wildman–Crippen LogP) is 2.60. The second-order valence-electron chi connectivity index (χ2n) is 7.38. The molecule has 1 unspecified atom stereocenters. The molecule has 2 aromatic heterocycles. The van der Waals surface area contributed by atoms with Crippen LogP contribution in [-0.4, -0.2) is 25.2 Å². The average molecular weight is 381 g/mol. The smallest absolute Gasteiger partial charge is 0.264 e.